The number of halogens is 1. The number of hydrogen-bond donors (Lipinski definition) is 2. The number of benzene rings is 1. The Morgan fingerprint density at radius 3 is 2.57 bits per heavy atom. The quantitative estimate of drug-likeness (QED) is 0.729. The molecule has 0 aliphatic carbocycles. The predicted octanol–water partition coefficient (Wildman–Crippen LogP) is 3.42. The van der Waals surface area contributed by atoms with Gasteiger partial charge in [0.1, 0.15) is 11.6 Å². The number of methoxy groups -OCH3 is 1. The molecule has 21 heavy (non-hydrogen) atoms. The van der Waals surface area contributed by atoms with Crippen molar-refractivity contribution in [1.82, 2.24) is 9.97 Å². The molecule has 0 saturated carbocycles. The Bertz CT molecular complexity index is 603. The lowest BCUT2D eigenvalue weighted by Crippen LogP contribution is -2.09. The molecule has 5 nitrogen and oxygen atoms in total. The van der Waals surface area contributed by atoms with Crippen LogP contribution in [-0.4, -0.2) is 28.7 Å². The second kappa shape index (κ2) is 7.56. The van der Waals surface area contributed by atoms with Crippen molar-refractivity contribution < 1.29 is 9.84 Å². The zero-order chi connectivity index (χ0) is 15.2. The third-order valence-electron chi connectivity index (χ3n) is 2.87. The number of hydrogen-bond acceptors (Lipinski definition) is 5. The maximum Gasteiger partial charge on any atom is 0.161 e. The summed E-state index contributed by atoms with van der Waals surface area (Å²) in [6.07, 6.45) is 1.02. The predicted molar refractivity (Wildman–Crippen MR) is 91.3 cm³/mol. The molecule has 0 bridgehead atoms. The summed E-state index contributed by atoms with van der Waals surface area (Å²) < 4.78 is 6.19. The van der Waals surface area contributed by atoms with E-state index in [2.05, 4.69) is 44.8 Å². The maximum absolute atomic E-state index is 9.38. The number of ether oxygens (including phenoxy) is 1. The summed E-state index contributed by atoms with van der Waals surface area (Å²) in [4.78, 5) is 9.15. The number of nitrogens with zero attached hydrogens (tertiary/aromatic N) is 2. The van der Waals surface area contributed by atoms with Crippen molar-refractivity contribution in [3.05, 3.63) is 33.5 Å². The zero-order valence-corrected chi connectivity index (χ0v) is 14.2. The van der Waals surface area contributed by atoms with Gasteiger partial charge in [0.25, 0.3) is 0 Å². The SMILES string of the molecule is CCCNc1nc(-c2ccc(O)cc2)nc(COC)c1I. The van der Waals surface area contributed by atoms with Crippen molar-refractivity contribution in [1.29, 1.82) is 0 Å². The maximum atomic E-state index is 9.38. The summed E-state index contributed by atoms with van der Waals surface area (Å²) in [6, 6.07) is 6.87. The molecule has 0 saturated heterocycles. The topological polar surface area (TPSA) is 67.3 Å². The minimum Gasteiger partial charge on any atom is -0.508 e. The second-order valence-corrected chi connectivity index (χ2v) is 5.64. The largest absolute Gasteiger partial charge is 0.508 e. The lowest BCUT2D eigenvalue weighted by Gasteiger charge is -2.12. The summed E-state index contributed by atoms with van der Waals surface area (Å²) >= 11 is 2.24. The molecule has 2 rings (SSSR count). The van der Waals surface area contributed by atoms with Crippen LogP contribution in [0.2, 0.25) is 0 Å². The van der Waals surface area contributed by atoms with Gasteiger partial charge in [-0.3, -0.25) is 0 Å². The first-order chi connectivity index (χ1) is 10.2. The van der Waals surface area contributed by atoms with Crippen LogP contribution in [-0.2, 0) is 11.3 Å². The van der Waals surface area contributed by atoms with Crippen molar-refractivity contribution >= 4 is 28.4 Å². The number of phenols is 1. The van der Waals surface area contributed by atoms with E-state index in [4.69, 9.17) is 4.74 Å². The van der Waals surface area contributed by atoms with Crippen molar-refractivity contribution in [3.8, 4) is 17.1 Å². The minimum atomic E-state index is 0.228. The summed E-state index contributed by atoms with van der Waals surface area (Å²) in [5, 5.41) is 12.7. The minimum absolute atomic E-state index is 0.228. The molecule has 0 radical (unpaired) electrons. The molecule has 0 unspecified atom stereocenters. The van der Waals surface area contributed by atoms with Crippen molar-refractivity contribution in [3.63, 3.8) is 0 Å². The van der Waals surface area contributed by atoms with E-state index in [9.17, 15) is 5.11 Å². The van der Waals surface area contributed by atoms with Crippen LogP contribution in [0.25, 0.3) is 11.4 Å². The number of aromatic hydroxyl groups is 1. The molecule has 1 aromatic heterocycles. The second-order valence-electron chi connectivity index (χ2n) is 4.56. The number of rotatable bonds is 6. The first-order valence-electron chi connectivity index (χ1n) is 6.74. The lowest BCUT2D eigenvalue weighted by atomic mass is 10.2. The van der Waals surface area contributed by atoms with E-state index in [0.717, 1.165) is 33.6 Å². The highest BCUT2D eigenvalue weighted by molar-refractivity contribution is 14.1. The number of aromatic nitrogens is 2. The van der Waals surface area contributed by atoms with E-state index in [1.807, 2.05) is 0 Å². The van der Waals surface area contributed by atoms with E-state index in [-0.39, 0.29) is 5.75 Å². The van der Waals surface area contributed by atoms with Gasteiger partial charge in [-0.25, -0.2) is 9.97 Å². The van der Waals surface area contributed by atoms with Crippen LogP contribution in [0.5, 0.6) is 5.75 Å². The highest BCUT2D eigenvalue weighted by atomic mass is 127. The molecule has 112 valence electrons. The van der Waals surface area contributed by atoms with Crippen LogP contribution in [0.15, 0.2) is 24.3 Å². The van der Waals surface area contributed by atoms with Gasteiger partial charge in [0, 0.05) is 19.2 Å². The number of anilines is 1. The Morgan fingerprint density at radius 2 is 1.95 bits per heavy atom. The number of phenolic OH excluding ortho intramolecular Hbond substituents is 1. The van der Waals surface area contributed by atoms with Gasteiger partial charge < -0.3 is 15.2 Å². The molecule has 6 heteroatoms. The van der Waals surface area contributed by atoms with Crippen LogP contribution in [0.3, 0.4) is 0 Å². The van der Waals surface area contributed by atoms with Crippen molar-refractivity contribution in [2.45, 2.75) is 20.0 Å². The van der Waals surface area contributed by atoms with Crippen LogP contribution < -0.4 is 5.32 Å². The molecule has 2 aromatic rings. The summed E-state index contributed by atoms with van der Waals surface area (Å²) in [5.74, 6) is 1.68. The fourth-order valence-electron chi connectivity index (χ4n) is 1.83. The third-order valence-corrected chi connectivity index (χ3v) is 4.00. The molecule has 0 spiro atoms. The lowest BCUT2D eigenvalue weighted by molar-refractivity contribution is 0.181. The molecule has 1 heterocycles. The monoisotopic (exact) mass is 399 g/mol. The van der Waals surface area contributed by atoms with Gasteiger partial charge in [-0.2, -0.15) is 0 Å². The highest BCUT2D eigenvalue weighted by Gasteiger charge is 2.13. The Balaban J connectivity index is 2.44. The molecular formula is C15H18IN3O2. The first kappa shape index (κ1) is 16.0. The molecule has 0 fully saturated rings. The molecule has 1 aromatic carbocycles. The van der Waals surface area contributed by atoms with Crippen molar-refractivity contribution in [2.24, 2.45) is 0 Å². The van der Waals surface area contributed by atoms with Crippen molar-refractivity contribution in [2.75, 3.05) is 19.0 Å². The van der Waals surface area contributed by atoms with Gasteiger partial charge in [0.05, 0.1) is 15.9 Å². The fourth-order valence-corrected chi connectivity index (χ4v) is 2.41. The molecule has 0 aliphatic rings. The van der Waals surface area contributed by atoms with Gasteiger partial charge >= 0.3 is 0 Å². The van der Waals surface area contributed by atoms with E-state index < -0.39 is 0 Å². The zero-order valence-electron chi connectivity index (χ0n) is 12.1. The van der Waals surface area contributed by atoms with Crippen LogP contribution >= 0.6 is 22.6 Å². The molecule has 0 aliphatic heterocycles. The van der Waals surface area contributed by atoms with Crippen LogP contribution in [0.1, 0.15) is 19.0 Å². The van der Waals surface area contributed by atoms with E-state index in [0.29, 0.717) is 12.4 Å². The smallest absolute Gasteiger partial charge is 0.161 e. The van der Waals surface area contributed by atoms with Gasteiger partial charge in [0.2, 0.25) is 0 Å². The molecule has 0 atom stereocenters. The van der Waals surface area contributed by atoms with E-state index in [1.165, 1.54) is 0 Å². The van der Waals surface area contributed by atoms with E-state index in [1.54, 1.807) is 31.4 Å². The average Bonchev–Trinajstić information content (AvgIpc) is 2.49. The summed E-state index contributed by atoms with van der Waals surface area (Å²) in [5.41, 5.74) is 1.72. The summed E-state index contributed by atoms with van der Waals surface area (Å²) in [6.45, 7) is 3.40. The Kier molecular flexibility index (Phi) is 5.75. The van der Waals surface area contributed by atoms with Gasteiger partial charge in [-0.15, -0.1) is 0 Å². The van der Waals surface area contributed by atoms with E-state index >= 15 is 0 Å². The fraction of sp³-hybridized carbons (Fsp3) is 0.333. The van der Waals surface area contributed by atoms with Crippen LogP contribution in [0.4, 0.5) is 5.82 Å². The number of nitrogens with one attached hydrogen (secondary N) is 1. The molecule has 2 N–H and O–H groups in total. The van der Waals surface area contributed by atoms with Gasteiger partial charge in [0.15, 0.2) is 5.82 Å². The Morgan fingerprint density at radius 1 is 1.24 bits per heavy atom. The Labute approximate surface area is 137 Å². The average molecular weight is 399 g/mol. The Hall–Kier alpha value is -1.41. The normalized spacial score (nSPS) is 10.6. The molecular weight excluding hydrogens is 381 g/mol. The summed E-state index contributed by atoms with van der Waals surface area (Å²) in [7, 11) is 1.65. The first-order valence-corrected chi connectivity index (χ1v) is 7.82. The van der Waals surface area contributed by atoms with Crippen LogP contribution in [0, 0.1) is 3.57 Å². The van der Waals surface area contributed by atoms with Gasteiger partial charge in [-0.1, -0.05) is 6.92 Å². The molecule has 0 amide bonds. The third kappa shape index (κ3) is 4.04. The standard InChI is InChI=1S/C15H18IN3O2/c1-3-8-17-15-13(16)12(9-21-2)18-14(19-15)10-4-6-11(20)7-5-10/h4-7,20H,3,8-9H2,1-2H3,(H,17,18,19). The highest BCUT2D eigenvalue weighted by Crippen LogP contribution is 2.25. The van der Waals surface area contributed by atoms with Gasteiger partial charge in [-0.05, 0) is 53.3 Å².